The number of hydrogen-bond acceptors (Lipinski definition) is 1. The molecule has 1 aromatic heterocycles. The molecule has 0 aromatic carbocycles. The molecule has 1 heterocycles. The predicted molar refractivity (Wildman–Crippen MR) is 62.2 cm³/mol. The number of aryl methyl sites for hydroxylation is 1. The molecule has 2 nitrogen and oxygen atoms in total. The number of pyridine rings is 1. The third-order valence-corrected chi connectivity index (χ3v) is 4.15. The van der Waals surface area contributed by atoms with Gasteiger partial charge in [0.2, 0.25) is 5.43 Å². The Balaban J connectivity index is 3.59. The van der Waals surface area contributed by atoms with Crippen LogP contribution >= 0.6 is 56.8 Å². The first-order valence-corrected chi connectivity index (χ1v) is 5.31. The van der Waals surface area contributed by atoms with Crippen LogP contribution in [0.2, 0.25) is 5.15 Å². The summed E-state index contributed by atoms with van der Waals surface area (Å²) in [5.74, 6) is 0. The largest absolute Gasteiger partial charge is 0.348 e. The van der Waals surface area contributed by atoms with Crippen molar-refractivity contribution in [2.75, 3.05) is 0 Å². The average molecular weight is 395 g/mol. The van der Waals surface area contributed by atoms with Gasteiger partial charge in [0, 0.05) is 5.69 Å². The minimum Gasteiger partial charge on any atom is -0.348 e. The van der Waals surface area contributed by atoms with Crippen LogP contribution in [-0.2, 0) is 0 Å². The van der Waals surface area contributed by atoms with Gasteiger partial charge in [-0.25, -0.2) is 0 Å². The van der Waals surface area contributed by atoms with Crippen molar-refractivity contribution < 1.29 is 0 Å². The maximum Gasteiger partial charge on any atom is 0.209 e. The van der Waals surface area contributed by atoms with E-state index < -0.39 is 0 Å². The fourth-order valence-electron chi connectivity index (χ4n) is 0.641. The summed E-state index contributed by atoms with van der Waals surface area (Å²) in [7, 11) is 0. The zero-order valence-corrected chi connectivity index (χ0v) is 10.6. The van der Waals surface area contributed by atoms with Gasteiger partial charge in [0.05, 0.1) is 7.14 Å². The molecule has 1 aromatic rings. The minimum absolute atomic E-state index is 0.00690. The number of H-pyrrole nitrogens is 1. The van der Waals surface area contributed by atoms with Crippen molar-refractivity contribution in [1.82, 2.24) is 4.98 Å². The second kappa shape index (κ2) is 3.61. The molecular formula is C6H4ClI2NO. The molecule has 0 radical (unpaired) electrons. The molecular weight excluding hydrogens is 391 g/mol. The minimum atomic E-state index is 0.00690. The van der Waals surface area contributed by atoms with Gasteiger partial charge < -0.3 is 4.98 Å². The van der Waals surface area contributed by atoms with Crippen LogP contribution in [0.5, 0.6) is 0 Å². The Morgan fingerprint density at radius 1 is 1.36 bits per heavy atom. The monoisotopic (exact) mass is 395 g/mol. The van der Waals surface area contributed by atoms with Gasteiger partial charge in [-0.2, -0.15) is 0 Å². The highest BCUT2D eigenvalue weighted by Gasteiger charge is 2.07. The molecule has 11 heavy (non-hydrogen) atoms. The molecule has 0 saturated carbocycles. The highest BCUT2D eigenvalue weighted by atomic mass is 127. The van der Waals surface area contributed by atoms with Crippen molar-refractivity contribution in [2.24, 2.45) is 0 Å². The SMILES string of the molecule is Cc1[nH]c(Cl)c(I)c(=O)c1I. The summed E-state index contributed by atoms with van der Waals surface area (Å²) in [6.45, 7) is 1.82. The van der Waals surface area contributed by atoms with Crippen LogP contribution < -0.4 is 5.43 Å². The van der Waals surface area contributed by atoms with Gasteiger partial charge in [-0.1, -0.05) is 11.6 Å². The lowest BCUT2D eigenvalue weighted by Crippen LogP contribution is -2.12. The number of aromatic nitrogens is 1. The van der Waals surface area contributed by atoms with Gasteiger partial charge in [0.1, 0.15) is 5.15 Å². The van der Waals surface area contributed by atoms with E-state index in [4.69, 9.17) is 11.6 Å². The van der Waals surface area contributed by atoms with Crippen molar-refractivity contribution in [3.63, 3.8) is 0 Å². The Morgan fingerprint density at radius 3 is 2.45 bits per heavy atom. The molecule has 0 fully saturated rings. The summed E-state index contributed by atoms with van der Waals surface area (Å²) in [4.78, 5) is 14.2. The van der Waals surface area contributed by atoms with Crippen molar-refractivity contribution in [2.45, 2.75) is 6.92 Å². The van der Waals surface area contributed by atoms with Gasteiger partial charge in [0.25, 0.3) is 0 Å². The standard InChI is InChI=1S/C6H4ClI2NO/c1-2-3(8)5(11)4(9)6(7)10-2/h1H3,(H,10,11). The molecule has 0 amide bonds. The normalized spacial score (nSPS) is 10.2. The maximum absolute atomic E-state index is 11.3. The molecule has 0 atom stereocenters. The van der Waals surface area contributed by atoms with Crippen molar-refractivity contribution in [3.8, 4) is 0 Å². The smallest absolute Gasteiger partial charge is 0.209 e. The number of hydrogen-bond donors (Lipinski definition) is 1. The molecule has 0 bridgehead atoms. The Labute approximate surface area is 96.0 Å². The molecule has 1 rings (SSSR count). The zero-order valence-electron chi connectivity index (χ0n) is 5.54. The highest BCUT2D eigenvalue weighted by molar-refractivity contribution is 14.1. The zero-order chi connectivity index (χ0) is 8.59. The van der Waals surface area contributed by atoms with Crippen LogP contribution in [0, 0.1) is 14.1 Å². The van der Waals surface area contributed by atoms with E-state index in [0.717, 1.165) is 5.69 Å². The van der Waals surface area contributed by atoms with Crippen molar-refractivity contribution >= 4 is 56.8 Å². The van der Waals surface area contributed by atoms with Gasteiger partial charge in [-0.3, -0.25) is 4.79 Å². The molecule has 0 aliphatic heterocycles. The highest BCUT2D eigenvalue weighted by Crippen LogP contribution is 2.14. The molecule has 0 spiro atoms. The van der Waals surface area contributed by atoms with E-state index in [1.54, 1.807) is 0 Å². The number of rotatable bonds is 0. The van der Waals surface area contributed by atoms with Gasteiger partial charge in [0.15, 0.2) is 0 Å². The van der Waals surface area contributed by atoms with E-state index in [2.05, 4.69) is 4.98 Å². The molecule has 5 heteroatoms. The first kappa shape index (κ1) is 9.79. The van der Waals surface area contributed by atoms with Crippen molar-refractivity contribution in [3.05, 3.63) is 28.2 Å². The first-order valence-electron chi connectivity index (χ1n) is 2.77. The van der Waals surface area contributed by atoms with Gasteiger partial charge in [-0.15, -0.1) is 0 Å². The lowest BCUT2D eigenvalue weighted by molar-refractivity contribution is 1.14. The third-order valence-electron chi connectivity index (χ3n) is 1.22. The second-order valence-electron chi connectivity index (χ2n) is 2.02. The molecule has 60 valence electrons. The lowest BCUT2D eigenvalue weighted by atomic mass is 10.4. The van der Waals surface area contributed by atoms with E-state index in [1.165, 1.54) is 0 Å². The second-order valence-corrected chi connectivity index (χ2v) is 4.56. The maximum atomic E-state index is 11.3. The number of nitrogens with one attached hydrogen (secondary N) is 1. The fraction of sp³-hybridized carbons (Fsp3) is 0.167. The average Bonchev–Trinajstić information content (AvgIpc) is 1.97. The summed E-state index contributed by atoms with van der Waals surface area (Å²) in [5, 5.41) is 0.425. The van der Waals surface area contributed by atoms with Crippen LogP contribution in [-0.4, -0.2) is 4.98 Å². The Morgan fingerprint density at radius 2 is 1.91 bits per heavy atom. The van der Waals surface area contributed by atoms with Crippen LogP contribution in [0.3, 0.4) is 0 Å². The predicted octanol–water partition coefficient (Wildman–Crippen LogP) is 2.55. The summed E-state index contributed by atoms with van der Waals surface area (Å²) in [6.07, 6.45) is 0. The fourth-order valence-corrected chi connectivity index (χ4v) is 2.19. The van der Waals surface area contributed by atoms with Crippen LogP contribution in [0.4, 0.5) is 0 Å². The van der Waals surface area contributed by atoms with E-state index in [1.807, 2.05) is 52.1 Å². The first-order chi connectivity index (χ1) is 5.04. The van der Waals surface area contributed by atoms with E-state index >= 15 is 0 Å². The molecule has 0 aliphatic carbocycles. The summed E-state index contributed by atoms with van der Waals surface area (Å²) in [6, 6.07) is 0. The Hall–Kier alpha value is 0.700. The van der Waals surface area contributed by atoms with E-state index in [9.17, 15) is 4.79 Å². The summed E-state index contributed by atoms with van der Waals surface area (Å²) in [5.41, 5.74) is 0.827. The van der Waals surface area contributed by atoms with E-state index in [0.29, 0.717) is 12.3 Å². The number of aromatic amines is 1. The quantitative estimate of drug-likeness (QED) is 0.532. The molecule has 1 N–H and O–H groups in total. The summed E-state index contributed by atoms with van der Waals surface area (Å²) >= 11 is 9.66. The van der Waals surface area contributed by atoms with Gasteiger partial charge in [-0.05, 0) is 52.1 Å². The Kier molecular flexibility index (Phi) is 3.21. The summed E-state index contributed by atoms with van der Waals surface area (Å²) < 4.78 is 1.26. The number of halogens is 3. The van der Waals surface area contributed by atoms with Crippen LogP contribution in [0.25, 0.3) is 0 Å². The molecule has 0 saturated heterocycles. The third kappa shape index (κ3) is 1.89. The Bertz CT molecular complexity index is 318. The topological polar surface area (TPSA) is 32.9 Å². The van der Waals surface area contributed by atoms with E-state index in [-0.39, 0.29) is 5.43 Å². The van der Waals surface area contributed by atoms with Crippen LogP contribution in [0.15, 0.2) is 4.79 Å². The lowest BCUT2D eigenvalue weighted by Gasteiger charge is -2.00. The molecule has 0 aliphatic rings. The van der Waals surface area contributed by atoms with Crippen LogP contribution in [0.1, 0.15) is 5.69 Å². The van der Waals surface area contributed by atoms with Crippen molar-refractivity contribution in [1.29, 1.82) is 0 Å². The molecule has 0 unspecified atom stereocenters. The van der Waals surface area contributed by atoms with Gasteiger partial charge >= 0.3 is 0 Å².